The number of aryl methyl sites for hydroxylation is 1. The van der Waals surface area contributed by atoms with Crippen molar-refractivity contribution in [3.05, 3.63) is 29.3 Å². The Morgan fingerprint density at radius 1 is 1.22 bits per heavy atom. The van der Waals surface area contributed by atoms with E-state index in [1.165, 1.54) is 11.1 Å². The van der Waals surface area contributed by atoms with Gasteiger partial charge in [-0.2, -0.15) is 0 Å². The Labute approximate surface area is 110 Å². The predicted octanol–water partition coefficient (Wildman–Crippen LogP) is 2.47. The van der Waals surface area contributed by atoms with Gasteiger partial charge in [-0.15, -0.1) is 0 Å². The van der Waals surface area contributed by atoms with Gasteiger partial charge < -0.3 is 15.2 Å². The number of hydrogen-bond donors (Lipinski definition) is 2. The van der Waals surface area contributed by atoms with Crippen molar-refractivity contribution in [1.82, 2.24) is 5.32 Å². The van der Waals surface area contributed by atoms with E-state index in [1.807, 2.05) is 0 Å². The van der Waals surface area contributed by atoms with Crippen LogP contribution >= 0.6 is 0 Å². The number of ether oxygens (including phenoxy) is 1. The molecule has 1 aromatic carbocycles. The smallest absolute Gasteiger partial charge is 0.119 e. The van der Waals surface area contributed by atoms with Crippen molar-refractivity contribution in [2.24, 2.45) is 0 Å². The number of nitrogens with one attached hydrogen (secondary N) is 1. The highest BCUT2D eigenvalue weighted by molar-refractivity contribution is 5.35. The molecule has 0 spiro atoms. The lowest BCUT2D eigenvalue weighted by molar-refractivity contribution is 0.188. The summed E-state index contributed by atoms with van der Waals surface area (Å²) in [5, 5.41) is 12.2. The van der Waals surface area contributed by atoms with E-state index in [2.05, 4.69) is 44.3 Å². The monoisotopic (exact) mass is 251 g/mol. The van der Waals surface area contributed by atoms with E-state index >= 15 is 0 Å². The van der Waals surface area contributed by atoms with Crippen LogP contribution in [0.25, 0.3) is 0 Å². The third-order valence-corrected chi connectivity index (χ3v) is 2.73. The van der Waals surface area contributed by atoms with E-state index in [4.69, 9.17) is 9.84 Å². The summed E-state index contributed by atoms with van der Waals surface area (Å²) in [5.41, 5.74) is 2.54. The number of aliphatic hydroxyl groups is 1. The molecule has 3 heteroatoms. The molecule has 0 saturated heterocycles. The maximum atomic E-state index is 9.10. The van der Waals surface area contributed by atoms with Crippen LogP contribution in [0.4, 0.5) is 0 Å². The predicted molar refractivity (Wildman–Crippen MR) is 75.3 cm³/mol. The van der Waals surface area contributed by atoms with E-state index in [-0.39, 0.29) is 6.10 Å². The summed E-state index contributed by atoms with van der Waals surface area (Å²) in [6.45, 7) is 10.2. The third kappa shape index (κ3) is 5.52. The molecule has 18 heavy (non-hydrogen) atoms. The second-order valence-corrected chi connectivity index (χ2v) is 5.14. The molecule has 3 nitrogen and oxygen atoms in total. The van der Waals surface area contributed by atoms with Gasteiger partial charge >= 0.3 is 0 Å². The number of benzene rings is 1. The molecule has 102 valence electrons. The van der Waals surface area contributed by atoms with Crippen LogP contribution in [0.5, 0.6) is 5.75 Å². The van der Waals surface area contributed by atoms with Gasteiger partial charge in [0.15, 0.2) is 0 Å². The van der Waals surface area contributed by atoms with Crippen LogP contribution in [0, 0.1) is 6.92 Å². The lowest BCUT2D eigenvalue weighted by atomic mass is 10.0. The van der Waals surface area contributed by atoms with Crippen molar-refractivity contribution >= 4 is 0 Å². The zero-order valence-corrected chi connectivity index (χ0v) is 11.9. The summed E-state index contributed by atoms with van der Waals surface area (Å²) in [6, 6.07) is 6.36. The van der Waals surface area contributed by atoms with Crippen LogP contribution in [0.3, 0.4) is 0 Å². The Morgan fingerprint density at radius 3 is 2.56 bits per heavy atom. The normalized spacial score (nSPS) is 12.8. The van der Waals surface area contributed by atoms with Gasteiger partial charge in [0.2, 0.25) is 0 Å². The van der Waals surface area contributed by atoms with Gasteiger partial charge in [0.05, 0.1) is 6.10 Å². The molecule has 0 unspecified atom stereocenters. The van der Waals surface area contributed by atoms with Crippen LogP contribution in [0.1, 0.15) is 37.8 Å². The molecule has 0 amide bonds. The summed E-state index contributed by atoms with van der Waals surface area (Å²) in [5.74, 6) is 1.44. The van der Waals surface area contributed by atoms with Gasteiger partial charge in [0.25, 0.3) is 0 Å². The molecule has 0 saturated carbocycles. The first kappa shape index (κ1) is 15.0. The molecule has 0 aliphatic heterocycles. The van der Waals surface area contributed by atoms with Gasteiger partial charge in [-0.25, -0.2) is 0 Å². The fourth-order valence-electron chi connectivity index (χ4n) is 1.75. The molecular weight excluding hydrogens is 226 g/mol. The minimum Gasteiger partial charge on any atom is -0.492 e. The molecule has 0 fully saturated rings. The van der Waals surface area contributed by atoms with Gasteiger partial charge in [-0.1, -0.05) is 19.9 Å². The molecule has 2 N–H and O–H groups in total. The van der Waals surface area contributed by atoms with Crippen molar-refractivity contribution in [3.8, 4) is 5.75 Å². The molecule has 0 heterocycles. The average Bonchev–Trinajstić information content (AvgIpc) is 2.27. The van der Waals surface area contributed by atoms with Crippen molar-refractivity contribution in [2.45, 2.75) is 39.7 Å². The fraction of sp³-hybridized carbons (Fsp3) is 0.600. The summed E-state index contributed by atoms with van der Waals surface area (Å²) in [4.78, 5) is 0. The van der Waals surface area contributed by atoms with Gasteiger partial charge in [-0.05, 0) is 43.0 Å². The molecule has 0 aliphatic rings. The first-order valence-electron chi connectivity index (χ1n) is 6.62. The van der Waals surface area contributed by atoms with Crippen LogP contribution in [0.15, 0.2) is 18.2 Å². The summed E-state index contributed by atoms with van der Waals surface area (Å²) >= 11 is 0. The average molecular weight is 251 g/mol. The SMILES string of the molecule is Cc1cc(OCCNC[C@@H](C)O)cc(C(C)C)c1. The van der Waals surface area contributed by atoms with Crippen molar-refractivity contribution < 1.29 is 9.84 Å². The topological polar surface area (TPSA) is 41.5 Å². The summed E-state index contributed by atoms with van der Waals surface area (Å²) in [7, 11) is 0. The zero-order chi connectivity index (χ0) is 13.5. The van der Waals surface area contributed by atoms with Crippen molar-refractivity contribution in [1.29, 1.82) is 0 Å². The maximum Gasteiger partial charge on any atom is 0.119 e. The van der Waals surface area contributed by atoms with Crippen LogP contribution in [0.2, 0.25) is 0 Å². The lowest BCUT2D eigenvalue weighted by Gasteiger charge is -2.12. The molecule has 1 aromatic rings. The molecule has 0 aromatic heterocycles. The Morgan fingerprint density at radius 2 is 1.94 bits per heavy atom. The number of hydrogen-bond acceptors (Lipinski definition) is 3. The Hall–Kier alpha value is -1.06. The minimum absolute atomic E-state index is 0.309. The zero-order valence-electron chi connectivity index (χ0n) is 11.9. The van der Waals surface area contributed by atoms with Crippen molar-refractivity contribution in [3.63, 3.8) is 0 Å². The van der Waals surface area contributed by atoms with E-state index in [1.54, 1.807) is 6.92 Å². The van der Waals surface area contributed by atoms with E-state index in [0.29, 0.717) is 19.1 Å². The molecular formula is C15H25NO2. The van der Waals surface area contributed by atoms with E-state index < -0.39 is 0 Å². The molecule has 1 atom stereocenters. The second kappa shape index (κ2) is 7.39. The largest absolute Gasteiger partial charge is 0.492 e. The van der Waals surface area contributed by atoms with Gasteiger partial charge in [0, 0.05) is 13.1 Å². The Kier molecular flexibility index (Phi) is 6.16. The first-order chi connectivity index (χ1) is 8.49. The Bertz CT molecular complexity index is 362. The minimum atomic E-state index is -0.309. The van der Waals surface area contributed by atoms with Crippen molar-refractivity contribution in [2.75, 3.05) is 19.7 Å². The highest BCUT2D eigenvalue weighted by Crippen LogP contribution is 2.22. The van der Waals surface area contributed by atoms with E-state index in [9.17, 15) is 0 Å². The first-order valence-corrected chi connectivity index (χ1v) is 6.62. The summed E-state index contributed by atoms with van der Waals surface area (Å²) in [6.07, 6.45) is -0.309. The number of rotatable bonds is 7. The Balaban J connectivity index is 2.42. The summed E-state index contributed by atoms with van der Waals surface area (Å²) < 4.78 is 5.72. The van der Waals surface area contributed by atoms with Gasteiger partial charge in [0.1, 0.15) is 12.4 Å². The molecule has 0 aliphatic carbocycles. The highest BCUT2D eigenvalue weighted by atomic mass is 16.5. The van der Waals surface area contributed by atoms with E-state index in [0.717, 1.165) is 12.3 Å². The lowest BCUT2D eigenvalue weighted by Crippen LogP contribution is -2.28. The molecule has 1 rings (SSSR count). The standard InChI is InChI=1S/C15H25NO2/c1-11(2)14-7-12(3)8-15(9-14)18-6-5-16-10-13(4)17/h7-9,11,13,16-17H,5-6,10H2,1-4H3/t13-/m1/s1. The maximum absolute atomic E-state index is 9.10. The molecule has 0 radical (unpaired) electrons. The number of aliphatic hydroxyl groups excluding tert-OH is 1. The third-order valence-electron chi connectivity index (χ3n) is 2.73. The van der Waals surface area contributed by atoms with Crippen LogP contribution in [-0.2, 0) is 0 Å². The fourth-order valence-corrected chi connectivity index (χ4v) is 1.75. The van der Waals surface area contributed by atoms with Crippen LogP contribution in [-0.4, -0.2) is 30.9 Å². The van der Waals surface area contributed by atoms with Crippen LogP contribution < -0.4 is 10.1 Å². The second-order valence-electron chi connectivity index (χ2n) is 5.14. The van der Waals surface area contributed by atoms with Gasteiger partial charge in [-0.3, -0.25) is 0 Å². The highest BCUT2D eigenvalue weighted by Gasteiger charge is 2.03. The molecule has 0 bridgehead atoms. The quantitative estimate of drug-likeness (QED) is 0.731.